The Morgan fingerprint density at radius 1 is 1.06 bits per heavy atom. The molecule has 3 rings (SSSR count). The van der Waals surface area contributed by atoms with Gasteiger partial charge in [-0.1, -0.05) is 50.2 Å². The van der Waals surface area contributed by atoms with Crippen LogP contribution in [0.25, 0.3) is 22.4 Å². The lowest BCUT2D eigenvalue weighted by atomic mass is 10.0. The Hall–Kier alpha value is -2.82. The molecule has 0 amide bonds. The number of carbonyl (C=O) groups is 1. The van der Waals surface area contributed by atoms with Gasteiger partial charge in [-0.3, -0.25) is 9.48 Å². The zero-order valence-electron chi connectivity index (χ0n) is 19.8. The van der Waals surface area contributed by atoms with Crippen LogP contribution in [0.5, 0.6) is 0 Å². The van der Waals surface area contributed by atoms with Crippen molar-refractivity contribution in [2.75, 3.05) is 32.5 Å². The molecule has 0 aliphatic heterocycles. The maximum absolute atomic E-state index is 13.4. The fourth-order valence-corrected chi connectivity index (χ4v) is 4.16. The maximum Gasteiger partial charge on any atom is 0.435 e. The molecule has 0 bridgehead atoms. The molecule has 188 valence electrons. The number of benzene rings is 2. The highest BCUT2D eigenvalue weighted by Crippen LogP contribution is 2.33. The number of halogens is 3. The maximum atomic E-state index is 13.4. The van der Waals surface area contributed by atoms with Crippen LogP contribution in [0.2, 0.25) is 0 Å². The SMILES string of the molecule is CCN(CC)CCOC(=O)Cn1nc(C(F)(F)F)cc1-c1ccc(-c2cccc([S+](C)[O-])c2)cc1. The summed E-state index contributed by atoms with van der Waals surface area (Å²) in [5.41, 5.74) is 1.21. The van der Waals surface area contributed by atoms with Gasteiger partial charge < -0.3 is 14.2 Å². The Bertz CT molecular complexity index is 1130. The first-order valence-electron chi connectivity index (χ1n) is 11.2. The van der Waals surface area contributed by atoms with E-state index in [4.69, 9.17) is 4.74 Å². The Labute approximate surface area is 205 Å². The molecule has 35 heavy (non-hydrogen) atoms. The quantitative estimate of drug-likeness (QED) is 0.290. The van der Waals surface area contributed by atoms with Crippen molar-refractivity contribution in [3.05, 3.63) is 60.3 Å². The predicted molar refractivity (Wildman–Crippen MR) is 129 cm³/mol. The van der Waals surface area contributed by atoms with Crippen LogP contribution in [0, 0.1) is 0 Å². The average Bonchev–Trinajstić information content (AvgIpc) is 3.26. The van der Waals surface area contributed by atoms with Crippen molar-refractivity contribution in [3.63, 3.8) is 0 Å². The van der Waals surface area contributed by atoms with Crippen LogP contribution in [0.1, 0.15) is 19.5 Å². The van der Waals surface area contributed by atoms with Gasteiger partial charge in [-0.2, -0.15) is 18.3 Å². The molecule has 6 nitrogen and oxygen atoms in total. The van der Waals surface area contributed by atoms with E-state index < -0.39 is 35.6 Å². The second kappa shape index (κ2) is 11.7. The van der Waals surface area contributed by atoms with Crippen molar-refractivity contribution in [2.45, 2.75) is 31.5 Å². The van der Waals surface area contributed by atoms with E-state index >= 15 is 0 Å². The molecule has 2 aromatic carbocycles. The summed E-state index contributed by atoms with van der Waals surface area (Å²) in [7, 11) is 0. The van der Waals surface area contributed by atoms with Crippen LogP contribution in [0.3, 0.4) is 0 Å². The van der Waals surface area contributed by atoms with Crippen molar-refractivity contribution in [1.29, 1.82) is 0 Å². The zero-order chi connectivity index (χ0) is 25.6. The number of likely N-dealkylation sites (N-methyl/N-ethyl adjacent to an activating group) is 1. The predicted octanol–water partition coefficient (Wildman–Crippen LogP) is 4.86. The molecule has 0 aliphatic rings. The third kappa shape index (κ3) is 7.09. The van der Waals surface area contributed by atoms with E-state index in [9.17, 15) is 22.5 Å². The van der Waals surface area contributed by atoms with E-state index in [1.54, 1.807) is 42.7 Å². The second-order valence-electron chi connectivity index (χ2n) is 7.88. The fraction of sp³-hybridized carbons (Fsp3) is 0.360. The lowest BCUT2D eigenvalue weighted by molar-refractivity contribution is -0.146. The first-order valence-corrected chi connectivity index (χ1v) is 12.8. The van der Waals surface area contributed by atoms with Gasteiger partial charge in [-0.25, -0.2) is 0 Å². The topological polar surface area (TPSA) is 70.4 Å². The van der Waals surface area contributed by atoms with Crippen molar-refractivity contribution in [3.8, 4) is 22.4 Å². The third-order valence-electron chi connectivity index (χ3n) is 5.59. The minimum atomic E-state index is -4.65. The molecule has 1 heterocycles. The van der Waals surface area contributed by atoms with Gasteiger partial charge in [0.05, 0.1) is 5.69 Å². The first-order chi connectivity index (χ1) is 16.6. The van der Waals surface area contributed by atoms with Crippen LogP contribution in [0.15, 0.2) is 59.5 Å². The van der Waals surface area contributed by atoms with Crippen molar-refractivity contribution in [2.24, 2.45) is 0 Å². The molecule has 3 aromatic rings. The zero-order valence-corrected chi connectivity index (χ0v) is 20.7. The summed E-state index contributed by atoms with van der Waals surface area (Å²) in [4.78, 5) is 15.1. The number of carbonyl (C=O) groups excluding carboxylic acids is 1. The first kappa shape index (κ1) is 26.8. The number of hydrogen-bond donors (Lipinski definition) is 0. The highest BCUT2D eigenvalue weighted by molar-refractivity contribution is 7.90. The smallest absolute Gasteiger partial charge is 0.435 e. The Morgan fingerprint density at radius 2 is 1.71 bits per heavy atom. The molecule has 0 radical (unpaired) electrons. The van der Waals surface area contributed by atoms with Crippen LogP contribution in [-0.2, 0) is 33.4 Å². The minimum Gasteiger partial charge on any atom is -0.612 e. The molecule has 0 saturated carbocycles. The second-order valence-corrected chi connectivity index (χ2v) is 9.26. The van der Waals surface area contributed by atoms with E-state index in [0.717, 1.165) is 35.0 Å². The summed E-state index contributed by atoms with van der Waals surface area (Å²) >= 11 is -1.13. The molecule has 0 aliphatic carbocycles. The summed E-state index contributed by atoms with van der Waals surface area (Å²) in [5, 5.41) is 3.63. The van der Waals surface area contributed by atoms with Crippen LogP contribution in [-0.4, -0.2) is 57.7 Å². The van der Waals surface area contributed by atoms with E-state index in [1.165, 1.54) is 0 Å². The van der Waals surface area contributed by atoms with E-state index in [0.29, 0.717) is 17.0 Å². The normalized spacial score (nSPS) is 12.7. The molecular weight excluding hydrogens is 479 g/mol. The summed E-state index contributed by atoms with van der Waals surface area (Å²) in [5.74, 6) is -0.656. The Morgan fingerprint density at radius 3 is 2.31 bits per heavy atom. The molecule has 1 aromatic heterocycles. The van der Waals surface area contributed by atoms with Gasteiger partial charge in [-0.15, -0.1) is 0 Å². The van der Waals surface area contributed by atoms with Gasteiger partial charge in [0.2, 0.25) is 0 Å². The van der Waals surface area contributed by atoms with Crippen LogP contribution >= 0.6 is 0 Å². The average molecular weight is 508 g/mol. The minimum absolute atomic E-state index is 0.152. The lowest BCUT2D eigenvalue weighted by Crippen LogP contribution is -2.28. The highest BCUT2D eigenvalue weighted by atomic mass is 32.2. The molecule has 1 unspecified atom stereocenters. The van der Waals surface area contributed by atoms with E-state index in [-0.39, 0.29) is 12.3 Å². The van der Waals surface area contributed by atoms with E-state index in [1.807, 2.05) is 26.0 Å². The monoisotopic (exact) mass is 507 g/mol. The van der Waals surface area contributed by atoms with Crippen LogP contribution in [0.4, 0.5) is 13.2 Å². The largest absolute Gasteiger partial charge is 0.612 e. The number of aromatic nitrogens is 2. The van der Waals surface area contributed by atoms with Gasteiger partial charge >= 0.3 is 12.1 Å². The third-order valence-corrected chi connectivity index (χ3v) is 6.51. The number of hydrogen-bond acceptors (Lipinski definition) is 5. The summed E-state index contributed by atoms with van der Waals surface area (Å²) in [6.45, 7) is 5.87. The van der Waals surface area contributed by atoms with Gasteiger partial charge in [-0.05, 0) is 53.1 Å². The van der Waals surface area contributed by atoms with Crippen molar-refractivity contribution >= 4 is 17.1 Å². The lowest BCUT2D eigenvalue weighted by Gasteiger charge is -2.17. The standard InChI is InChI=1S/C25H28F3N3O3S/c1-4-30(5-2)13-14-34-24(32)17-31-22(16-23(29-31)25(26,27)28)19-11-9-18(10-12-19)20-7-6-8-21(15-20)35(3)33/h6-12,15-16H,4-5,13-14,17H2,1-3H3. The fourth-order valence-electron chi connectivity index (χ4n) is 3.59. The van der Waals surface area contributed by atoms with Gasteiger partial charge in [0.1, 0.15) is 19.4 Å². The molecular formula is C25H28F3N3O3S. The molecule has 0 saturated heterocycles. The number of ether oxygens (including phenoxy) is 1. The number of alkyl halides is 3. The Kier molecular flexibility index (Phi) is 8.98. The number of esters is 1. The number of rotatable bonds is 10. The summed E-state index contributed by atoms with van der Waals surface area (Å²) in [6, 6.07) is 15.0. The highest BCUT2D eigenvalue weighted by Gasteiger charge is 2.35. The molecule has 1 atom stereocenters. The summed E-state index contributed by atoms with van der Waals surface area (Å²) < 4.78 is 58.1. The van der Waals surface area contributed by atoms with Gasteiger partial charge in [0.15, 0.2) is 10.6 Å². The van der Waals surface area contributed by atoms with Gasteiger partial charge in [0, 0.05) is 12.6 Å². The molecule has 10 heteroatoms. The molecule has 0 spiro atoms. The summed E-state index contributed by atoms with van der Waals surface area (Å²) in [6.07, 6.45) is -3.06. The molecule has 0 fully saturated rings. The van der Waals surface area contributed by atoms with E-state index in [2.05, 4.69) is 10.00 Å². The van der Waals surface area contributed by atoms with Crippen LogP contribution < -0.4 is 0 Å². The van der Waals surface area contributed by atoms with Crippen molar-refractivity contribution in [1.82, 2.24) is 14.7 Å². The number of nitrogens with zero attached hydrogens (tertiary/aromatic N) is 3. The van der Waals surface area contributed by atoms with Gasteiger partial charge in [0.25, 0.3) is 0 Å². The Balaban J connectivity index is 1.82. The van der Waals surface area contributed by atoms with Crippen molar-refractivity contribution < 1.29 is 27.3 Å². The molecule has 0 N–H and O–H groups in total.